The highest BCUT2D eigenvalue weighted by Crippen LogP contribution is 2.26. The van der Waals surface area contributed by atoms with Gasteiger partial charge in [-0.15, -0.1) is 0 Å². The van der Waals surface area contributed by atoms with Gasteiger partial charge in [0.1, 0.15) is 0 Å². The van der Waals surface area contributed by atoms with Crippen LogP contribution in [0.25, 0.3) is 0 Å². The topological polar surface area (TPSA) is 29.3 Å². The SMILES string of the molecule is Cc1cc(Cl)ccc1C(CN)N(C)Cc1ccc(Br)cc1. The maximum atomic E-state index is 6.04. The second kappa shape index (κ2) is 7.41. The summed E-state index contributed by atoms with van der Waals surface area (Å²) in [5, 5.41) is 0.766. The standard InChI is InChI=1S/C17H20BrClN2/c1-12-9-15(19)7-8-16(12)17(10-20)21(2)11-13-3-5-14(18)6-4-13/h3-9,17H,10-11,20H2,1-2H3. The van der Waals surface area contributed by atoms with E-state index in [1.807, 2.05) is 12.1 Å². The van der Waals surface area contributed by atoms with Crippen LogP contribution in [0.3, 0.4) is 0 Å². The first kappa shape index (κ1) is 16.5. The molecular weight excluding hydrogens is 348 g/mol. The summed E-state index contributed by atoms with van der Waals surface area (Å²) in [6.45, 7) is 3.52. The van der Waals surface area contributed by atoms with Crippen molar-refractivity contribution in [2.45, 2.75) is 19.5 Å². The zero-order valence-corrected chi connectivity index (χ0v) is 14.7. The Kier molecular flexibility index (Phi) is 5.82. The van der Waals surface area contributed by atoms with Crippen molar-refractivity contribution in [2.24, 2.45) is 5.73 Å². The Morgan fingerprint density at radius 2 is 1.86 bits per heavy atom. The monoisotopic (exact) mass is 366 g/mol. The summed E-state index contributed by atoms with van der Waals surface area (Å²) in [5.74, 6) is 0. The van der Waals surface area contributed by atoms with Crippen molar-refractivity contribution in [3.8, 4) is 0 Å². The molecule has 0 saturated carbocycles. The number of halogens is 2. The first-order valence-corrected chi connectivity index (χ1v) is 8.09. The number of hydrogen-bond acceptors (Lipinski definition) is 2. The van der Waals surface area contributed by atoms with Gasteiger partial charge >= 0.3 is 0 Å². The highest BCUT2D eigenvalue weighted by molar-refractivity contribution is 9.10. The first-order chi connectivity index (χ1) is 10.0. The highest BCUT2D eigenvalue weighted by Gasteiger charge is 2.17. The smallest absolute Gasteiger partial charge is 0.0473 e. The fraction of sp³-hybridized carbons (Fsp3) is 0.294. The Hall–Kier alpha value is -0.870. The van der Waals surface area contributed by atoms with Crippen molar-refractivity contribution >= 4 is 27.5 Å². The maximum absolute atomic E-state index is 6.04. The third kappa shape index (κ3) is 4.30. The van der Waals surface area contributed by atoms with Crippen LogP contribution in [0.2, 0.25) is 5.02 Å². The molecule has 0 radical (unpaired) electrons. The van der Waals surface area contributed by atoms with Gasteiger partial charge in [0, 0.05) is 28.6 Å². The summed E-state index contributed by atoms with van der Waals surface area (Å²) in [7, 11) is 2.10. The third-order valence-electron chi connectivity index (χ3n) is 3.69. The molecule has 0 aliphatic heterocycles. The molecule has 0 amide bonds. The molecular formula is C17H20BrClN2. The molecule has 0 aromatic heterocycles. The summed E-state index contributed by atoms with van der Waals surface area (Å²) in [6, 6.07) is 14.6. The van der Waals surface area contributed by atoms with Crippen molar-refractivity contribution in [3.05, 3.63) is 68.7 Å². The van der Waals surface area contributed by atoms with E-state index in [0.29, 0.717) is 6.54 Å². The van der Waals surface area contributed by atoms with E-state index in [-0.39, 0.29) is 6.04 Å². The lowest BCUT2D eigenvalue weighted by Gasteiger charge is -2.28. The highest BCUT2D eigenvalue weighted by atomic mass is 79.9. The minimum atomic E-state index is 0.186. The van der Waals surface area contributed by atoms with E-state index in [1.54, 1.807) is 0 Å². The Bertz CT molecular complexity index is 598. The summed E-state index contributed by atoms with van der Waals surface area (Å²) < 4.78 is 1.10. The maximum Gasteiger partial charge on any atom is 0.0473 e. The number of hydrogen-bond donors (Lipinski definition) is 1. The molecule has 0 heterocycles. The number of likely N-dealkylation sites (N-methyl/N-ethyl adjacent to an activating group) is 1. The van der Waals surface area contributed by atoms with Gasteiger partial charge in [0.25, 0.3) is 0 Å². The molecule has 4 heteroatoms. The molecule has 0 fully saturated rings. The largest absolute Gasteiger partial charge is 0.329 e. The minimum absolute atomic E-state index is 0.186. The molecule has 21 heavy (non-hydrogen) atoms. The molecule has 0 bridgehead atoms. The molecule has 1 atom stereocenters. The number of benzene rings is 2. The van der Waals surface area contributed by atoms with Crippen molar-refractivity contribution in [1.82, 2.24) is 4.90 Å². The van der Waals surface area contributed by atoms with Crippen molar-refractivity contribution in [1.29, 1.82) is 0 Å². The van der Waals surface area contributed by atoms with Gasteiger partial charge in [0.15, 0.2) is 0 Å². The molecule has 2 nitrogen and oxygen atoms in total. The summed E-state index contributed by atoms with van der Waals surface area (Å²) in [5.41, 5.74) is 9.70. The van der Waals surface area contributed by atoms with Gasteiger partial charge in [-0.3, -0.25) is 4.90 Å². The molecule has 2 N–H and O–H groups in total. The zero-order valence-electron chi connectivity index (χ0n) is 12.3. The fourth-order valence-electron chi connectivity index (χ4n) is 2.55. The van der Waals surface area contributed by atoms with E-state index in [1.165, 1.54) is 16.7 Å². The predicted molar refractivity (Wildman–Crippen MR) is 93.6 cm³/mol. The third-order valence-corrected chi connectivity index (χ3v) is 4.46. The quantitative estimate of drug-likeness (QED) is 0.840. The average Bonchev–Trinajstić information content (AvgIpc) is 2.44. The van der Waals surface area contributed by atoms with E-state index in [2.05, 4.69) is 65.1 Å². The Morgan fingerprint density at radius 1 is 1.19 bits per heavy atom. The predicted octanol–water partition coefficient (Wildman–Crippen LogP) is 4.54. The van der Waals surface area contributed by atoms with Crippen LogP contribution in [-0.4, -0.2) is 18.5 Å². The van der Waals surface area contributed by atoms with Crippen LogP contribution >= 0.6 is 27.5 Å². The van der Waals surface area contributed by atoms with Crippen LogP contribution < -0.4 is 5.73 Å². The summed E-state index contributed by atoms with van der Waals surface area (Å²) >= 11 is 9.50. The lowest BCUT2D eigenvalue weighted by molar-refractivity contribution is 0.241. The Balaban J connectivity index is 2.18. The van der Waals surface area contributed by atoms with Crippen LogP contribution in [0.1, 0.15) is 22.7 Å². The van der Waals surface area contributed by atoms with E-state index in [0.717, 1.165) is 16.0 Å². The van der Waals surface area contributed by atoms with Crippen LogP contribution in [0, 0.1) is 6.92 Å². The second-order valence-electron chi connectivity index (χ2n) is 5.29. The number of nitrogens with two attached hydrogens (primary N) is 1. The fourth-order valence-corrected chi connectivity index (χ4v) is 3.04. The Labute approximate surface area is 140 Å². The minimum Gasteiger partial charge on any atom is -0.329 e. The molecule has 0 spiro atoms. The molecule has 112 valence electrons. The number of nitrogens with zero attached hydrogens (tertiary/aromatic N) is 1. The molecule has 1 unspecified atom stereocenters. The normalized spacial score (nSPS) is 12.7. The van der Waals surface area contributed by atoms with Gasteiger partial charge in [-0.2, -0.15) is 0 Å². The molecule has 2 rings (SSSR count). The lowest BCUT2D eigenvalue weighted by Crippen LogP contribution is -2.30. The van der Waals surface area contributed by atoms with Gasteiger partial charge in [0.05, 0.1) is 0 Å². The van der Waals surface area contributed by atoms with Gasteiger partial charge in [-0.25, -0.2) is 0 Å². The summed E-state index contributed by atoms with van der Waals surface area (Å²) in [6.07, 6.45) is 0. The van der Waals surface area contributed by atoms with E-state index < -0.39 is 0 Å². The zero-order chi connectivity index (χ0) is 15.4. The van der Waals surface area contributed by atoms with Crippen LogP contribution in [0.5, 0.6) is 0 Å². The van der Waals surface area contributed by atoms with Crippen LogP contribution in [0.4, 0.5) is 0 Å². The van der Waals surface area contributed by atoms with E-state index in [9.17, 15) is 0 Å². The molecule has 0 saturated heterocycles. The van der Waals surface area contributed by atoms with Gasteiger partial charge < -0.3 is 5.73 Å². The lowest BCUT2D eigenvalue weighted by atomic mass is 10.00. The van der Waals surface area contributed by atoms with E-state index >= 15 is 0 Å². The van der Waals surface area contributed by atoms with Crippen LogP contribution in [0.15, 0.2) is 46.9 Å². The molecule has 0 aliphatic carbocycles. The second-order valence-corrected chi connectivity index (χ2v) is 6.65. The van der Waals surface area contributed by atoms with Gasteiger partial charge in [-0.1, -0.05) is 45.7 Å². The van der Waals surface area contributed by atoms with Crippen molar-refractivity contribution in [2.75, 3.05) is 13.6 Å². The van der Waals surface area contributed by atoms with Crippen LogP contribution in [-0.2, 0) is 6.54 Å². The van der Waals surface area contributed by atoms with Crippen molar-refractivity contribution < 1.29 is 0 Å². The first-order valence-electron chi connectivity index (χ1n) is 6.92. The molecule has 0 aliphatic rings. The average molecular weight is 368 g/mol. The number of rotatable bonds is 5. The van der Waals surface area contributed by atoms with Gasteiger partial charge in [0.2, 0.25) is 0 Å². The van der Waals surface area contributed by atoms with Gasteiger partial charge in [-0.05, 0) is 54.9 Å². The van der Waals surface area contributed by atoms with E-state index in [4.69, 9.17) is 17.3 Å². The molecule has 2 aromatic carbocycles. The molecule has 2 aromatic rings. The number of aryl methyl sites for hydroxylation is 1. The summed E-state index contributed by atoms with van der Waals surface area (Å²) in [4.78, 5) is 2.28. The Morgan fingerprint density at radius 3 is 2.43 bits per heavy atom. The van der Waals surface area contributed by atoms with Crippen molar-refractivity contribution in [3.63, 3.8) is 0 Å².